The highest BCUT2D eigenvalue weighted by Gasteiger charge is 2.38. The van der Waals surface area contributed by atoms with Crippen LogP contribution >= 0.6 is 0 Å². The Kier molecular flexibility index (Phi) is 5.86. The van der Waals surface area contributed by atoms with E-state index < -0.39 is 6.04 Å². The molecule has 0 radical (unpaired) electrons. The fraction of sp³-hybridized carbons (Fsp3) is 0.333. The summed E-state index contributed by atoms with van der Waals surface area (Å²) in [6, 6.07) is 12.8. The number of benzene rings is 2. The number of hydrogen-bond donors (Lipinski definition) is 1. The van der Waals surface area contributed by atoms with E-state index in [4.69, 9.17) is 4.74 Å². The summed E-state index contributed by atoms with van der Waals surface area (Å²) in [6.07, 6.45) is 0.478. The van der Waals surface area contributed by atoms with Crippen LogP contribution in [0.2, 0.25) is 0 Å². The molecule has 0 spiro atoms. The van der Waals surface area contributed by atoms with Gasteiger partial charge in [0.2, 0.25) is 0 Å². The van der Waals surface area contributed by atoms with E-state index in [0.717, 1.165) is 11.1 Å². The Morgan fingerprint density at radius 1 is 1.19 bits per heavy atom. The average molecular weight is 370 g/mol. The third-order valence-electron chi connectivity index (χ3n) is 4.95. The van der Waals surface area contributed by atoms with Gasteiger partial charge >= 0.3 is 5.97 Å². The maximum absolute atomic E-state index is 13.0. The number of ether oxygens (including phenoxy) is 1. The number of carbonyl (C=O) groups excluding carboxylic acids is 2. The third-order valence-corrected chi connectivity index (χ3v) is 4.95. The Morgan fingerprint density at radius 3 is 2.56 bits per heavy atom. The molecule has 1 aliphatic heterocycles. The number of amides is 1. The Labute approximate surface area is 158 Å². The van der Waals surface area contributed by atoms with Crippen molar-refractivity contribution in [2.45, 2.75) is 32.0 Å². The highest BCUT2D eigenvalue weighted by molar-refractivity contribution is 5.94. The number of rotatable bonds is 5. The van der Waals surface area contributed by atoms with E-state index in [1.807, 2.05) is 36.1 Å². The summed E-state index contributed by atoms with van der Waals surface area (Å²) in [4.78, 5) is 26.7. The quantitative estimate of drug-likeness (QED) is 0.822. The normalized spacial score (nSPS) is 19.7. The molecule has 3 rings (SSSR count). The predicted octanol–water partition coefficient (Wildman–Crippen LogP) is 2.68. The molecule has 2 aromatic carbocycles. The minimum Gasteiger partial charge on any atom is -0.468 e. The van der Waals surface area contributed by atoms with E-state index >= 15 is 0 Å². The number of halogens is 1. The summed E-state index contributed by atoms with van der Waals surface area (Å²) in [5.74, 6) is -0.967. The van der Waals surface area contributed by atoms with Crippen LogP contribution in [0.1, 0.15) is 27.9 Å². The van der Waals surface area contributed by atoms with Crippen LogP contribution in [0.3, 0.4) is 0 Å². The van der Waals surface area contributed by atoms with Gasteiger partial charge in [-0.25, -0.2) is 4.39 Å². The Balaban J connectivity index is 1.71. The van der Waals surface area contributed by atoms with Crippen molar-refractivity contribution < 1.29 is 18.7 Å². The minimum absolute atomic E-state index is 0.185. The van der Waals surface area contributed by atoms with Crippen molar-refractivity contribution in [2.24, 2.45) is 0 Å². The molecule has 142 valence electrons. The first-order valence-electron chi connectivity index (χ1n) is 8.90. The molecule has 5 nitrogen and oxygen atoms in total. The number of methoxy groups -OCH3 is 1. The summed E-state index contributed by atoms with van der Waals surface area (Å²) in [5.41, 5.74) is 2.68. The first kappa shape index (κ1) is 19.0. The molecule has 0 aliphatic carbocycles. The van der Waals surface area contributed by atoms with Crippen LogP contribution in [0.4, 0.5) is 4.39 Å². The van der Waals surface area contributed by atoms with Crippen molar-refractivity contribution >= 4 is 11.9 Å². The van der Waals surface area contributed by atoms with Crippen LogP contribution in [0, 0.1) is 12.7 Å². The Bertz CT molecular complexity index is 822. The fourth-order valence-electron chi connectivity index (χ4n) is 3.44. The van der Waals surface area contributed by atoms with E-state index in [1.54, 1.807) is 0 Å². The van der Waals surface area contributed by atoms with Gasteiger partial charge in [0.05, 0.1) is 7.11 Å². The highest BCUT2D eigenvalue weighted by Crippen LogP contribution is 2.23. The number of hydrogen-bond acceptors (Lipinski definition) is 4. The molecule has 6 heteroatoms. The van der Waals surface area contributed by atoms with Crippen molar-refractivity contribution in [2.75, 3.05) is 13.7 Å². The number of carbonyl (C=O) groups is 2. The van der Waals surface area contributed by atoms with Crippen LogP contribution in [0.25, 0.3) is 0 Å². The smallest absolute Gasteiger partial charge is 0.323 e. The molecule has 1 saturated heterocycles. The van der Waals surface area contributed by atoms with Crippen LogP contribution in [0.5, 0.6) is 0 Å². The van der Waals surface area contributed by atoms with Crippen LogP contribution in [-0.2, 0) is 16.1 Å². The number of likely N-dealkylation sites (tertiary alicyclic amines) is 1. The summed E-state index contributed by atoms with van der Waals surface area (Å²) < 4.78 is 18.0. The van der Waals surface area contributed by atoms with Gasteiger partial charge in [-0.15, -0.1) is 0 Å². The number of nitrogens with one attached hydrogen (secondary N) is 1. The SMILES string of the molecule is COC(=O)[C@@H]1C[C@@H](NC(=O)c2ccc(F)cc2)CN1Cc1ccccc1C. The highest BCUT2D eigenvalue weighted by atomic mass is 19.1. The van der Waals surface area contributed by atoms with Gasteiger partial charge in [0.1, 0.15) is 11.9 Å². The molecule has 1 N–H and O–H groups in total. The first-order valence-corrected chi connectivity index (χ1v) is 8.90. The van der Waals surface area contributed by atoms with Crippen LogP contribution < -0.4 is 5.32 Å². The maximum atomic E-state index is 13.0. The van der Waals surface area contributed by atoms with E-state index in [2.05, 4.69) is 5.32 Å². The van der Waals surface area contributed by atoms with Crippen molar-refractivity contribution in [3.05, 3.63) is 71.0 Å². The van der Waals surface area contributed by atoms with Crippen molar-refractivity contribution in [3.63, 3.8) is 0 Å². The van der Waals surface area contributed by atoms with E-state index in [9.17, 15) is 14.0 Å². The van der Waals surface area contributed by atoms with Gasteiger partial charge in [0.25, 0.3) is 5.91 Å². The Morgan fingerprint density at radius 2 is 1.89 bits per heavy atom. The van der Waals surface area contributed by atoms with E-state index in [-0.39, 0.29) is 23.7 Å². The zero-order chi connectivity index (χ0) is 19.4. The summed E-state index contributed by atoms with van der Waals surface area (Å²) in [7, 11) is 1.37. The largest absolute Gasteiger partial charge is 0.468 e. The monoisotopic (exact) mass is 370 g/mol. The zero-order valence-electron chi connectivity index (χ0n) is 15.4. The van der Waals surface area contributed by atoms with Gasteiger partial charge < -0.3 is 10.1 Å². The molecular weight excluding hydrogens is 347 g/mol. The molecule has 0 unspecified atom stereocenters. The summed E-state index contributed by atoms with van der Waals surface area (Å²) in [5, 5.41) is 2.94. The first-order chi connectivity index (χ1) is 13.0. The molecule has 0 bridgehead atoms. The molecule has 1 heterocycles. The van der Waals surface area contributed by atoms with E-state index in [0.29, 0.717) is 25.1 Å². The number of aryl methyl sites for hydroxylation is 1. The summed E-state index contributed by atoms with van der Waals surface area (Å²) >= 11 is 0. The maximum Gasteiger partial charge on any atom is 0.323 e. The standard InChI is InChI=1S/C21H23FN2O3/c1-14-5-3-4-6-16(14)12-24-13-18(11-19(24)21(26)27-2)23-20(25)15-7-9-17(22)10-8-15/h3-10,18-19H,11-13H2,1-2H3,(H,23,25)/t18-,19+/m1/s1. The minimum atomic E-state index is -0.409. The molecular formula is C21H23FN2O3. The number of nitrogens with zero attached hydrogens (tertiary/aromatic N) is 1. The lowest BCUT2D eigenvalue weighted by Crippen LogP contribution is -2.37. The number of esters is 1. The predicted molar refractivity (Wildman–Crippen MR) is 99.7 cm³/mol. The second kappa shape index (κ2) is 8.31. The molecule has 0 aromatic heterocycles. The molecule has 0 saturated carbocycles. The van der Waals surface area contributed by atoms with Gasteiger partial charge in [0.15, 0.2) is 0 Å². The van der Waals surface area contributed by atoms with Crippen molar-refractivity contribution in [1.29, 1.82) is 0 Å². The van der Waals surface area contributed by atoms with Gasteiger partial charge in [0, 0.05) is 24.7 Å². The lowest BCUT2D eigenvalue weighted by molar-refractivity contribution is -0.146. The lowest BCUT2D eigenvalue weighted by atomic mass is 10.1. The molecule has 2 aromatic rings. The van der Waals surface area contributed by atoms with Crippen molar-refractivity contribution in [1.82, 2.24) is 10.2 Å². The van der Waals surface area contributed by atoms with E-state index in [1.165, 1.54) is 31.4 Å². The molecule has 27 heavy (non-hydrogen) atoms. The van der Waals surface area contributed by atoms with Crippen LogP contribution in [-0.4, -0.2) is 42.5 Å². The zero-order valence-corrected chi connectivity index (χ0v) is 15.4. The molecule has 1 amide bonds. The Hall–Kier alpha value is -2.73. The van der Waals surface area contributed by atoms with Crippen molar-refractivity contribution in [3.8, 4) is 0 Å². The third kappa shape index (κ3) is 4.52. The fourth-order valence-corrected chi connectivity index (χ4v) is 3.44. The molecule has 2 atom stereocenters. The van der Waals surface area contributed by atoms with Gasteiger partial charge in [-0.05, 0) is 48.7 Å². The van der Waals surface area contributed by atoms with Gasteiger partial charge in [-0.2, -0.15) is 0 Å². The van der Waals surface area contributed by atoms with Crippen LogP contribution in [0.15, 0.2) is 48.5 Å². The second-order valence-electron chi connectivity index (χ2n) is 6.81. The second-order valence-corrected chi connectivity index (χ2v) is 6.81. The lowest BCUT2D eigenvalue weighted by Gasteiger charge is -2.23. The van der Waals surface area contributed by atoms with Gasteiger partial charge in [-0.1, -0.05) is 24.3 Å². The summed E-state index contributed by atoms with van der Waals surface area (Å²) in [6.45, 7) is 3.18. The molecule has 1 fully saturated rings. The molecule has 1 aliphatic rings. The average Bonchev–Trinajstić information content (AvgIpc) is 3.05. The topological polar surface area (TPSA) is 58.6 Å². The van der Waals surface area contributed by atoms with Gasteiger partial charge in [-0.3, -0.25) is 14.5 Å².